The van der Waals surface area contributed by atoms with E-state index in [1.54, 1.807) is 11.5 Å². The van der Waals surface area contributed by atoms with Gasteiger partial charge in [-0.3, -0.25) is 15.6 Å². The van der Waals surface area contributed by atoms with Crippen molar-refractivity contribution < 1.29 is 13.6 Å². The van der Waals surface area contributed by atoms with Gasteiger partial charge in [0, 0.05) is 12.4 Å². The smallest absolute Gasteiger partial charge is 0.267 e. The second kappa shape index (κ2) is 4.29. The molecule has 0 saturated heterocycles. The van der Waals surface area contributed by atoms with Crippen LogP contribution in [-0.4, -0.2) is 22.3 Å². The fraction of sp³-hybridized carbons (Fsp3) is 0.167. The van der Waals surface area contributed by atoms with Gasteiger partial charge in [0.25, 0.3) is 0 Å². The highest BCUT2D eigenvalue weighted by atomic mass is 19.3. The summed E-state index contributed by atoms with van der Waals surface area (Å²) in [4.78, 5) is 17.6. The Balaban J connectivity index is 2.40. The number of alkyl halides is 2. The lowest BCUT2D eigenvalue weighted by molar-refractivity contribution is -0.131. The maximum atomic E-state index is 11.6. The standard InChI is InChI=1S/C6H6F2N4O/c7-4(8)5(13)11-12-6-9-2-1-3-10-6/h1-4H,(H,11,13)(H,9,10,12). The minimum absolute atomic E-state index is 0.0523. The molecule has 5 nitrogen and oxygen atoms in total. The summed E-state index contributed by atoms with van der Waals surface area (Å²) in [6, 6.07) is 1.56. The van der Waals surface area contributed by atoms with Crippen molar-refractivity contribution >= 4 is 11.9 Å². The minimum atomic E-state index is -3.06. The van der Waals surface area contributed by atoms with Crippen molar-refractivity contribution in [2.45, 2.75) is 6.43 Å². The zero-order valence-corrected chi connectivity index (χ0v) is 6.37. The lowest BCUT2D eigenvalue weighted by Gasteiger charge is -2.04. The van der Waals surface area contributed by atoms with Gasteiger partial charge in [-0.2, -0.15) is 8.78 Å². The molecule has 0 fully saturated rings. The number of halogens is 2. The molecule has 0 aromatic carbocycles. The van der Waals surface area contributed by atoms with Gasteiger partial charge < -0.3 is 0 Å². The van der Waals surface area contributed by atoms with E-state index in [2.05, 4.69) is 15.4 Å². The average Bonchev–Trinajstić information content (AvgIpc) is 2.15. The number of aromatic nitrogens is 2. The van der Waals surface area contributed by atoms with E-state index in [4.69, 9.17) is 0 Å². The van der Waals surface area contributed by atoms with E-state index in [-0.39, 0.29) is 5.95 Å². The third-order valence-electron chi connectivity index (χ3n) is 1.06. The van der Waals surface area contributed by atoms with E-state index in [0.717, 1.165) is 0 Å². The molecule has 0 saturated carbocycles. The molecule has 0 atom stereocenters. The Morgan fingerprint density at radius 3 is 2.54 bits per heavy atom. The lowest BCUT2D eigenvalue weighted by Crippen LogP contribution is -2.34. The summed E-state index contributed by atoms with van der Waals surface area (Å²) < 4.78 is 23.3. The molecule has 0 radical (unpaired) electrons. The van der Waals surface area contributed by atoms with Crippen LogP contribution in [0.3, 0.4) is 0 Å². The quantitative estimate of drug-likeness (QED) is 0.664. The number of carbonyl (C=O) groups is 1. The first-order chi connectivity index (χ1) is 6.20. The molecule has 1 aromatic rings. The van der Waals surface area contributed by atoms with E-state index in [1.165, 1.54) is 12.4 Å². The van der Waals surface area contributed by atoms with Crippen molar-refractivity contribution in [3.8, 4) is 0 Å². The van der Waals surface area contributed by atoms with Crippen molar-refractivity contribution in [1.82, 2.24) is 15.4 Å². The fourth-order valence-corrected chi connectivity index (χ4v) is 0.536. The van der Waals surface area contributed by atoms with E-state index < -0.39 is 12.3 Å². The Labute approximate surface area is 72.2 Å². The number of rotatable bonds is 3. The average molecular weight is 188 g/mol. The van der Waals surface area contributed by atoms with E-state index in [9.17, 15) is 13.6 Å². The molecule has 0 aliphatic heterocycles. The minimum Gasteiger partial charge on any atom is -0.267 e. The SMILES string of the molecule is O=C(NNc1ncccn1)C(F)F. The maximum absolute atomic E-state index is 11.6. The van der Waals surface area contributed by atoms with Crippen LogP contribution in [0, 0.1) is 0 Å². The number of anilines is 1. The molecular formula is C6H6F2N4O. The largest absolute Gasteiger partial charge is 0.317 e. The van der Waals surface area contributed by atoms with Gasteiger partial charge in [-0.05, 0) is 6.07 Å². The molecule has 0 bridgehead atoms. The second-order valence-corrected chi connectivity index (χ2v) is 1.99. The molecule has 1 rings (SSSR count). The van der Waals surface area contributed by atoms with Gasteiger partial charge in [0.15, 0.2) is 0 Å². The summed E-state index contributed by atoms with van der Waals surface area (Å²) in [7, 11) is 0. The number of nitrogens with one attached hydrogen (secondary N) is 2. The Hall–Kier alpha value is -1.79. The monoisotopic (exact) mass is 188 g/mol. The highest BCUT2D eigenvalue weighted by Gasteiger charge is 2.14. The van der Waals surface area contributed by atoms with Crippen LogP contribution in [-0.2, 0) is 4.79 Å². The Morgan fingerprint density at radius 1 is 1.38 bits per heavy atom. The number of hydrazine groups is 1. The summed E-state index contributed by atoms with van der Waals surface area (Å²) in [5.74, 6) is -1.37. The zero-order valence-electron chi connectivity index (χ0n) is 6.37. The van der Waals surface area contributed by atoms with Gasteiger partial charge in [-0.15, -0.1) is 0 Å². The maximum Gasteiger partial charge on any atom is 0.317 e. The summed E-state index contributed by atoms with van der Waals surface area (Å²) in [5.41, 5.74) is 3.86. The van der Waals surface area contributed by atoms with Crippen LogP contribution in [0.15, 0.2) is 18.5 Å². The fourth-order valence-electron chi connectivity index (χ4n) is 0.536. The number of hydrogen-bond donors (Lipinski definition) is 2. The molecule has 13 heavy (non-hydrogen) atoms. The first kappa shape index (κ1) is 9.30. The highest BCUT2D eigenvalue weighted by molar-refractivity contribution is 5.79. The molecule has 70 valence electrons. The normalized spacial score (nSPS) is 9.77. The van der Waals surface area contributed by atoms with Gasteiger partial charge in [0.1, 0.15) is 0 Å². The topological polar surface area (TPSA) is 66.9 Å². The van der Waals surface area contributed by atoms with Gasteiger partial charge in [-0.25, -0.2) is 9.97 Å². The predicted molar refractivity (Wildman–Crippen MR) is 39.8 cm³/mol. The molecule has 0 spiro atoms. The van der Waals surface area contributed by atoms with Gasteiger partial charge in [0.2, 0.25) is 5.95 Å². The molecular weight excluding hydrogens is 182 g/mol. The molecule has 0 unspecified atom stereocenters. The number of carbonyl (C=O) groups excluding carboxylic acids is 1. The second-order valence-electron chi connectivity index (χ2n) is 1.99. The molecule has 2 N–H and O–H groups in total. The number of nitrogens with zero attached hydrogens (tertiary/aromatic N) is 2. The molecule has 1 heterocycles. The predicted octanol–water partition coefficient (Wildman–Crippen LogP) is 0.185. The third-order valence-corrected chi connectivity index (χ3v) is 1.06. The Kier molecular flexibility index (Phi) is 3.07. The molecule has 7 heteroatoms. The Morgan fingerprint density at radius 2 is 2.00 bits per heavy atom. The van der Waals surface area contributed by atoms with E-state index in [0.29, 0.717) is 0 Å². The highest BCUT2D eigenvalue weighted by Crippen LogP contribution is 1.93. The van der Waals surface area contributed by atoms with Crippen molar-refractivity contribution in [2.24, 2.45) is 0 Å². The summed E-state index contributed by atoms with van der Waals surface area (Å²) in [6.45, 7) is 0. The van der Waals surface area contributed by atoms with Crippen LogP contribution >= 0.6 is 0 Å². The van der Waals surface area contributed by atoms with E-state index >= 15 is 0 Å². The Bertz CT molecular complexity index is 279. The summed E-state index contributed by atoms with van der Waals surface area (Å²) in [6.07, 6.45) is -0.246. The van der Waals surface area contributed by atoms with Crippen molar-refractivity contribution in [3.05, 3.63) is 18.5 Å². The van der Waals surface area contributed by atoms with Crippen molar-refractivity contribution in [3.63, 3.8) is 0 Å². The number of hydrogen-bond acceptors (Lipinski definition) is 4. The van der Waals surface area contributed by atoms with Crippen LogP contribution in [0.4, 0.5) is 14.7 Å². The molecule has 0 aliphatic carbocycles. The first-order valence-electron chi connectivity index (χ1n) is 3.31. The zero-order chi connectivity index (χ0) is 9.68. The van der Waals surface area contributed by atoms with Gasteiger partial charge in [-0.1, -0.05) is 0 Å². The lowest BCUT2D eigenvalue weighted by atomic mass is 10.7. The summed E-state index contributed by atoms with van der Waals surface area (Å²) in [5, 5.41) is 0. The number of amides is 1. The van der Waals surface area contributed by atoms with Crippen molar-refractivity contribution in [2.75, 3.05) is 5.43 Å². The van der Waals surface area contributed by atoms with Crippen molar-refractivity contribution in [1.29, 1.82) is 0 Å². The van der Waals surface area contributed by atoms with Gasteiger partial charge in [0.05, 0.1) is 0 Å². The van der Waals surface area contributed by atoms with Crippen LogP contribution in [0.2, 0.25) is 0 Å². The first-order valence-corrected chi connectivity index (χ1v) is 3.31. The van der Waals surface area contributed by atoms with Crippen LogP contribution in [0.5, 0.6) is 0 Å². The third kappa shape index (κ3) is 2.97. The van der Waals surface area contributed by atoms with Gasteiger partial charge >= 0.3 is 12.3 Å². The van der Waals surface area contributed by atoms with Crippen LogP contribution in [0.1, 0.15) is 0 Å². The molecule has 0 aliphatic rings. The van der Waals surface area contributed by atoms with Crippen LogP contribution < -0.4 is 10.9 Å². The molecule has 1 amide bonds. The van der Waals surface area contributed by atoms with Crippen LogP contribution in [0.25, 0.3) is 0 Å². The summed E-state index contributed by atoms with van der Waals surface area (Å²) >= 11 is 0. The molecule has 1 aromatic heterocycles. The van der Waals surface area contributed by atoms with E-state index in [1.807, 2.05) is 0 Å².